The number of aryl methyl sites for hydroxylation is 1. The van der Waals surface area contributed by atoms with Crippen LogP contribution in [0.5, 0.6) is 0 Å². The van der Waals surface area contributed by atoms with Gasteiger partial charge in [0.25, 0.3) is 11.8 Å². The molecule has 1 aliphatic rings. The van der Waals surface area contributed by atoms with Crippen LogP contribution in [-0.4, -0.2) is 23.3 Å². The van der Waals surface area contributed by atoms with E-state index in [-0.39, 0.29) is 17.8 Å². The normalized spacial score (nSPS) is 14.4. The number of hydrogen-bond acceptors (Lipinski definition) is 3. The number of imide groups is 1. The number of rotatable bonds is 4. The van der Waals surface area contributed by atoms with Crippen molar-refractivity contribution >= 4 is 57.9 Å². The third kappa shape index (κ3) is 3.32. The number of carbonyl (C=O) groups excluding carboxylic acids is 2. The molecule has 2 aromatic rings. The standard InChI is InChI=1S/C19H15Cl3N2O2/c1-3-24-18(25)16(13-7-5-11(20)8-15(13)22)17(19(24)26)23-12-6-4-10(2)14(21)9-12/h4-9,23H,3H2,1-2H3. The summed E-state index contributed by atoms with van der Waals surface area (Å²) in [7, 11) is 0. The number of amides is 2. The molecule has 0 saturated heterocycles. The van der Waals surface area contributed by atoms with E-state index in [2.05, 4.69) is 5.32 Å². The van der Waals surface area contributed by atoms with Crippen molar-refractivity contribution in [3.8, 4) is 0 Å². The molecular weight excluding hydrogens is 395 g/mol. The summed E-state index contributed by atoms with van der Waals surface area (Å²) in [6.45, 7) is 3.88. The van der Waals surface area contributed by atoms with E-state index < -0.39 is 11.8 Å². The van der Waals surface area contributed by atoms with Crippen molar-refractivity contribution in [3.05, 3.63) is 68.3 Å². The zero-order valence-electron chi connectivity index (χ0n) is 14.1. The van der Waals surface area contributed by atoms with E-state index in [0.717, 1.165) is 5.56 Å². The summed E-state index contributed by atoms with van der Waals surface area (Å²) < 4.78 is 0. The summed E-state index contributed by atoms with van der Waals surface area (Å²) in [4.78, 5) is 26.7. The number of anilines is 1. The van der Waals surface area contributed by atoms with Crippen LogP contribution in [0.1, 0.15) is 18.1 Å². The monoisotopic (exact) mass is 408 g/mol. The predicted octanol–water partition coefficient (Wildman–Crippen LogP) is 5.17. The molecule has 0 radical (unpaired) electrons. The first-order chi connectivity index (χ1) is 12.3. The maximum atomic E-state index is 12.8. The molecule has 1 heterocycles. The SMILES string of the molecule is CCN1C(=O)C(Nc2ccc(C)c(Cl)c2)=C(c2ccc(Cl)cc2Cl)C1=O. The van der Waals surface area contributed by atoms with Crippen molar-refractivity contribution in [2.24, 2.45) is 0 Å². The fraction of sp³-hybridized carbons (Fsp3) is 0.158. The Morgan fingerprint density at radius 1 is 0.962 bits per heavy atom. The van der Waals surface area contributed by atoms with Crippen molar-refractivity contribution in [1.82, 2.24) is 4.90 Å². The van der Waals surface area contributed by atoms with Gasteiger partial charge in [-0.05, 0) is 43.7 Å². The smallest absolute Gasteiger partial charge is 0.278 e. The highest BCUT2D eigenvalue weighted by Gasteiger charge is 2.39. The number of hydrogen-bond donors (Lipinski definition) is 1. The summed E-state index contributed by atoms with van der Waals surface area (Å²) in [5, 5.41) is 4.34. The Labute approximate surface area is 166 Å². The van der Waals surface area contributed by atoms with E-state index >= 15 is 0 Å². The van der Waals surface area contributed by atoms with E-state index in [4.69, 9.17) is 34.8 Å². The Kier molecular flexibility index (Phi) is 5.28. The Balaban J connectivity index is 2.13. The van der Waals surface area contributed by atoms with Gasteiger partial charge in [0.1, 0.15) is 5.70 Å². The quantitative estimate of drug-likeness (QED) is 0.709. The average Bonchev–Trinajstić information content (AvgIpc) is 2.81. The minimum absolute atomic E-state index is 0.168. The Hall–Kier alpha value is -2.01. The van der Waals surface area contributed by atoms with Gasteiger partial charge in [-0.25, -0.2) is 0 Å². The van der Waals surface area contributed by atoms with Crippen molar-refractivity contribution in [1.29, 1.82) is 0 Å². The molecule has 26 heavy (non-hydrogen) atoms. The zero-order valence-corrected chi connectivity index (χ0v) is 16.3. The van der Waals surface area contributed by atoms with Crippen molar-refractivity contribution in [2.75, 3.05) is 11.9 Å². The lowest BCUT2D eigenvalue weighted by Gasteiger charge is -2.12. The van der Waals surface area contributed by atoms with Gasteiger partial charge in [-0.2, -0.15) is 0 Å². The molecule has 7 heteroatoms. The van der Waals surface area contributed by atoms with Gasteiger partial charge in [0, 0.05) is 27.8 Å². The molecule has 0 atom stereocenters. The molecule has 1 aliphatic heterocycles. The maximum absolute atomic E-state index is 12.8. The van der Waals surface area contributed by atoms with Crippen LogP contribution in [0.4, 0.5) is 5.69 Å². The number of halogens is 3. The van der Waals surface area contributed by atoms with Crippen LogP contribution in [0.25, 0.3) is 5.57 Å². The lowest BCUT2D eigenvalue weighted by atomic mass is 10.0. The van der Waals surface area contributed by atoms with Crippen LogP contribution >= 0.6 is 34.8 Å². The third-order valence-corrected chi connectivity index (χ3v) is 5.08. The van der Waals surface area contributed by atoms with Gasteiger partial charge in [-0.15, -0.1) is 0 Å². The second-order valence-electron chi connectivity index (χ2n) is 5.82. The van der Waals surface area contributed by atoms with Crippen molar-refractivity contribution in [3.63, 3.8) is 0 Å². The molecule has 2 aromatic carbocycles. The molecule has 3 rings (SSSR count). The molecule has 2 amide bonds. The highest BCUT2D eigenvalue weighted by atomic mass is 35.5. The van der Waals surface area contributed by atoms with Gasteiger partial charge in [0.05, 0.1) is 10.6 Å². The number of likely N-dealkylation sites (N-methyl/N-ethyl adjacent to an activating group) is 1. The van der Waals surface area contributed by atoms with E-state index in [1.54, 1.807) is 31.2 Å². The van der Waals surface area contributed by atoms with E-state index in [1.165, 1.54) is 11.0 Å². The highest BCUT2D eigenvalue weighted by molar-refractivity contribution is 6.41. The lowest BCUT2D eigenvalue weighted by molar-refractivity contribution is -0.136. The van der Waals surface area contributed by atoms with Crippen molar-refractivity contribution < 1.29 is 9.59 Å². The summed E-state index contributed by atoms with van der Waals surface area (Å²) >= 11 is 18.4. The van der Waals surface area contributed by atoms with Crippen LogP contribution in [0, 0.1) is 6.92 Å². The molecule has 0 aromatic heterocycles. The molecule has 0 spiro atoms. The van der Waals surface area contributed by atoms with Gasteiger partial charge in [0.15, 0.2) is 0 Å². The van der Waals surface area contributed by atoms with Gasteiger partial charge < -0.3 is 5.32 Å². The fourth-order valence-corrected chi connectivity index (χ4v) is 3.42. The molecule has 134 valence electrons. The van der Waals surface area contributed by atoms with Crippen LogP contribution in [0.2, 0.25) is 15.1 Å². The molecule has 0 aliphatic carbocycles. The van der Waals surface area contributed by atoms with Crippen LogP contribution in [-0.2, 0) is 9.59 Å². The number of carbonyl (C=O) groups is 2. The summed E-state index contributed by atoms with van der Waals surface area (Å²) in [6, 6.07) is 10.1. The molecule has 0 fully saturated rings. The minimum Gasteiger partial charge on any atom is -0.350 e. The molecule has 0 unspecified atom stereocenters. The third-order valence-electron chi connectivity index (χ3n) is 4.13. The first-order valence-electron chi connectivity index (χ1n) is 7.92. The highest BCUT2D eigenvalue weighted by Crippen LogP contribution is 2.35. The van der Waals surface area contributed by atoms with Crippen LogP contribution in [0.15, 0.2) is 42.1 Å². The van der Waals surface area contributed by atoms with E-state index in [1.807, 2.05) is 13.0 Å². The second-order valence-corrected chi connectivity index (χ2v) is 7.07. The number of nitrogens with one attached hydrogen (secondary N) is 1. The molecular formula is C19H15Cl3N2O2. The summed E-state index contributed by atoms with van der Waals surface area (Å²) in [5.41, 5.74) is 2.36. The molecule has 1 N–H and O–H groups in total. The Morgan fingerprint density at radius 2 is 1.69 bits per heavy atom. The average molecular weight is 410 g/mol. The first-order valence-corrected chi connectivity index (χ1v) is 9.06. The van der Waals surface area contributed by atoms with Gasteiger partial charge in [-0.1, -0.05) is 46.9 Å². The predicted molar refractivity (Wildman–Crippen MR) is 106 cm³/mol. The molecule has 0 saturated carbocycles. The van der Waals surface area contributed by atoms with Crippen LogP contribution < -0.4 is 5.32 Å². The fourth-order valence-electron chi connectivity index (χ4n) is 2.74. The Bertz CT molecular complexity index is 954. The van der Waals surface area contributed by atoms with E-state index in [0.29, 0.717) is 26.3 Å². The van der Waals surface area contributed by atoms with Gasteiger partial charge >= 0.3 is 0 Å². The van der Waals surface area contributed by atoms with Gasteiger partial charge in [-0.3, -0.25) is 14.5 Å². The lowest BCUT2D eigenvalue weighted by Crippen LogP contribution is -2.32. The second kappa shape index (κ2) is 7.31. The van der Waals surface area contributed by atoms with Crippen LogP contribution in [0.3, 0.4) is 0 Å². The summed E-state index contributed by atoms with van der Waals surface area (Å²) in [6.07, 6.45) is 0. The maximum Gasteiger partial charge on any atom is 0.278 e. The van der Waals surface area contributed by atoms with Gasteiger partial charge in [0.2, 0.25) is 0 Å². The van der Waals surface area contributed by atoms with E-state index in [9.17, 15) is 9.59 Å². The van der Waals surface area contributed by atoms with Crippen molar-refractivity contribution in [2.45, 2.75) is 13.8 Å². The summed E-state index contributed by atoms with van der Waals surface area (Å²) in [5.74, 6) is -0.808. The number of benzene rings is 2. The molecule has 4 nitrogen and oxygen atoms in total. The Morgan fingerprint density at radius 3 is 2.31 bits per heavy atom. The zero-order chi connectivity index (χ0) is 19.0. The topological polar surface area (TPSA) is 49.4 Å². The largest absolute Gasteiger partial charge is 0.350 e. The minimum atomic E-state index is -0.407. The number of nitrogens with zero attached hydrogens (tertiary/aromatic N) is 1. The molecule has 0 bridgehead atoms. The first kappa shape index (κ1) is 18.8.